The monoisotopic (exact) mass is 670 g/mol. The van der Waals surface area contributed by atoms with E-state index in [1.54, 1.807) is 14.2 Å². The van der Waals surface area contributed by atoms with E-state index in [1.807, 2.05) is 72.8 Å². The Balaban J connectivity index is 0.913. The van der Waals surface area contributed by atoms with Crippen molar-refractivity contribution in [2.75, 3.05) is 64.1 Å². The molecule has 0 aliphatic carbocycles. The van der Waals surface area contributed by atoms with Crippen LogP contribution in [0, 0.1) is 0 Å². The Bertz CT molecular complexity index is 1860. The van der Waals surface area contributed by atoms with E-state index in [0.717, 1.165) is 125 Å². The largest absolute Gasteiger partial charge is 0.497 e. The van der Waals surface area contributed by atoms with Crippen molar-refractivity contribution >= 4 is 78.2 Å². The van der Waals surface area contributed by atoms with Crippen LogP contribution >= 0.6 is 23.2 Å². The molecule has 0 saturated carbocycles. The first kappa shape index (κ1) is 32.8. The molecule has 0 unspecified atom stereocenters. The van der Waals surface area contributed by atoms with Crippen molar-refractivity contribution in [3.8, 4) is 11.5 Å². The Kier molecular flexibility index (Phi) is 11.0. The number of benzene rings is 4. The van der Waals surface area contributed by atoms with Crippen molar-refractivity contribution < 1.29 is 9.47 Å². The summed E-state index contributed by atoms with van der Waals surface area (Å²) >= 11 is 12.5. The number of hydrogen-bond donors (Lipinski definition) is 4. The zero-order valence-electron chi connectivity index (χ0n) is 26.8. The van der Waals surface area contributed by atoms with Gasteiger partial charge in [0.25, 0.3) is 0 Å². The van der Waals surface area contributed by atoms with Crippen molar-refractivity contribution in [1.29, 1.82) is 0 Å². The van der Waals surface area contributed by atoms with Crippen LogP contribution in [-0.2, 0) is 0 Å². The molecule has 244 valence electrons. The van der Waals surface area contributed by atoms with Crippen molar-refractivity contribution in [3.05, 3.63) is 82.8 Å². The van der Waals surface area contributed by atoms with E-state index < -0.39 is 0 Å². The van der Waals surface area contributed by atoms with Crippen molar-refractivity contribution in [2.24, 2.45) is 0 Å². The number of nitrogens with zero attached hydrogens (tertiary/aromatic N) is 2. The Morgan fingerprint density at radius 1 is 0.489 bits per heavy atom. The standard InChI is InChI=1S/C37H40Cl2N6O2/c1-46-26-8-12-32-30(22-26)36(28-10-6-24(38)20-34(28)44-32)42-18-4-16-40-14-3-15-41-17-5-19-43-37-29-11-7-25(39)21-35(29)45-33-13-9-27(47-2)23-31(33)37/h6-13,20-23,40-41H,3-5,14-19H2,1-2H3,(H,42,44)(H,43,45). The Morgan fingerprint density at radius 3 is 1.34 bits per heavy atom. The molecule has 0 atom stereocenters. The third-order valence-electron chi connectivity index (χ3n) is 8.26. The van der Waals surface area contributed by atoms with Crippen LogP contribution in [0.2, 0.25) is 10.0 Å². The lowest BCUT2D eigenvalue weighted by Crippen LogP contribution is -2.25. The number of nitrogens with one attached hydrogen (secondary N) is 4. The Hall–Kier alpha value is -4.08. The summed E-state index contributed by atoms with van der Waals surface area (Å²) in [4.78, 5) is 9.63. The SMILES string of the molecule is COc1ccc2nc3cc(Cl)ccc3c(NCCCNCCCNCCCNc3c4ccc(Cl)cc4nc4ccc(OC)cc34)c2c1. The van der Waals surface area contributed by atoms with E-state index in [9.17, 15) is 0 Å². The summed E-state index contributed by atoms with van der Waals surface area (Å²) in [6.07, 6.45) is 3.07. The van der Waals surface area contributed by atoms with E-state index in [2.05, 4.69) is 21.3 Å². The highest BCUT2D eigenvalue weighted by atomic mass is 35.5. The van der Waals surface area contributed by atoms with Crippen LogP contribution in [0.25, 0.3) is 43.6 Å². The van der Waals surface area contributed by atoms with Crippen LogP contribution in [0.4, 0.5) is 11.4 Å². The van der Waals surface area contributed by atoms with Gasteiger partial charge in [-0.2, -0.15) is 0 Å². The van der Waals surface area contributed by atoms with Crippen molar-refractivity contribution in [3.63, 3.8) is 0 Å². The van der Waals surface area contributed by atoms with E-state index >= 15 is 0 Å². The molecule has 0 saturated heterocycles. The van der Waals surface area contributed by atoms with Gasteiger partial charge in [0.1, 0.15) is 11.5 Å². The van der Waals surface area contributed by atoms with Gasteiger partial charge >= 0.3 is 0 Å². The van der Waals surface area contributed by atoms with Gasteiger partial charge in [0.05, 0.1) is 47.7 Å². The zero-order valence-corrected chi connectivity index (χ0v) is 28.3. The minimum absolute atomic E-state index is 0.680. The second-order valence-electron chi connectivity index (χ2n) is 11.5. The van der Waals surface area contributed by atoms with Crippen LogP contribution in [0.5, 0.6) is 11.5 Å². The summed E-state index contributed by atoms with van der Waals surface area (Å²) in [6.45, 7) is 5.51. The first-order chi connectivity index (χ1) is 23.0. The molecule has 10 heteroatoms. The molecular formula is C37H40Cl2N6O2. The summed E-state index contributed by atoms with van der Waals surface area (Å²) < 4.78 is 11.0. The molecule has 6 aromatic rings. The predicted molar refractivity (Wildman–Crippen MR) is 198 cm³/mol. The molecule has 0 aliphatic heterocycles. The molecular weight excluding hydrogens is 631 g/mol. The average Bonchev–Trinajstić information content (AvgIpc) is 3.08. The highest BCUT2D eigenvalue weighted by Gasteiger charge is 2.12. The first-order valence-electron chi connectivity index (χ1n) is 16.1. The lowest BCUT2D eigenvalue weighted by atomic mass is 10.1. The molecule has 0 bridgehead atoms. The number of aromatic nitrogens is 2. The molecule has 47 heavy (non-hydrogen) atoms. The molecule has 0 spiro atoms. The number of halogens is 2. The summed E-state index contributed by atoms with van der Waals surface area (Å²) in [5.74, 6) is 1.62. The number of anilines is 2. The Morgan fingerprint density at radius 2 is 0.915 bits per heavy atom. The zero-order chi connectivity index (χ0) is 32.6. The molecule has 2 aromatic heterocycles. The third kappa shape index (κ3) is 7.91. The molecule has 4 N–H and O–H groups in total. The van der Waals surface area contributed by atoms with Crippen LogP contribution in [0.15, 0.2) is 72.8 Å². The number of pyridine rings is 2. The highest BCUT2D eigenvalue weighted by Crippen LogP contribution is 2.35. The quantitative estimate of drug-likeness (QED) is 0.0604. The maximum atomic E-state index is 6.27. The maximum absolute atomic E-state index is 6.27. The fraction of sp³-hybridized carbons (Fsp3) is 0.297. The molecule has 0 amide bonds. The smallest absolute Gasteiger partial charge is 0.119 e. The maximum Gasteiger partial charge on any atom is 0.119 e. The van der Waals surface area contributed by atoms with E-state index in [4.69, 9.17) is 42.6 Å². The second-order valence-corrected chi connectivity index (χ2v) is 12.3. The minimum atomic E-state index is 0.680. The number of rotatable bonds is 16. The second kappa shape index (κ2) is 15.7. The topological polar surface area (TPSA) is 92.4 Å². The number of ether oxygens (including phenoxy) is 2. The Labute approximate surface area is 285 Å². The number of fused-ring (bicyclic) bond motifs is 4. The fourth-order valence-corrected chi connectivity index (χ4v) is 6.20. The predicted octanol–water partition coefficient (Wildman–Crippen LogP) is 8.29. The highest BCUT2D eigenvalue weighted by molar-refractivity contribution is 6.32. The van der Waals surface area contributed by atoms with Gasteiger partial charge in [-0.05, 0) is 118 Å². The first-order valence-corrected chi connectivity index (χ1v) is 16.8. The van der Waals surface area contributed by atoms with E-state index in [0.29, 0.717) is 10.0 Å². The molecule has 8 nitrogen and oxygen atoms in total. The van der Waals surface area contributed by atoms with Gasteiger partial charge in [-0.3, -0.25) is 0 Å². The average molecular weight is 672 g/mol. The van der Waals surface area contributed by atoms with Gasteiger partial charge in [-0.1, -0.05) is 23.2 Å². The summed E-state index contributed by atoms with van der Waals surface area (Å²) in [6, 6.07) is 23.6. The van der Waals surface area contributed by atoms with Crippen LogP contribution < -0.4 is 30.7 Å². The van der Waals surface area contributed by atoms with Gasteiger partial charge in [-0.25, -0.2) is 9.97 Å². The molecule has 0 aliphatic rings. The summed E-state index contributed by atoms with van der Waals surface area (Å²) in [5, 5.41) is 20.0. The molecule has 4 aromatic carbocycles. The summed E-state index contributed by atoms with van der Waals surface area (Å²) in [5.41, 5.74) is 5.71. The normalized spacial score (nSPS) is 11.5. The van der Waals surface area contributed by atoms with Crippen molar-refractivity contribution in [1.82, 2.24) is 20.6 Å². The van der Waals surface area contributed by atoms with Gasteiger partial charge in [0.15, 0.2) is 0 Å². The molecule has 2 heterocycles. The van der Waals surface area contributed by atoms with Gasteiger partial charge in [0, 0.05) is 44.7 Å². The lowest BCUT2D eigenvalue weighted by molar-refractivity contribution is 0.415. The molecule has 0 radical (unpaired) electrons. The third-order valence-corrected chi connectivity index (χ3v) is 8.73. The van der Waals surface area contributed by atoms with E-state index in [-0.39, 0.29) is 0 Å². The minimum Gasteiger partial charge on any atom is -0.497 e. The fourth-order valence-electron chi connectivity index (χ4n) is 5.87. The van der Waals surface area contributed by atoms with Crippen LogP contribution in [0.1, 0.15) is 19.3 Å². The summed E-state index contributed by atoms with van der Waals surface area (Å²) in [7, 11) is 3.37. The molecule has 0 fully saturated rings. The van der Waals surface area contributed by atoms with E-state index in [1.165, 1.54) is 0 Å². The van der Waals surface area contributed by atoms with Gasteiger partial charge in [0.2, 0.25) is 0 Å². The number of hydrogen-bond acceptors (Lipinski definition) is 8. The lowest BCUT2D eigenvalue weighted by Gasteiger charge is -2.15. The van der Waals surface area contributed by atoms with Crippen LogP contribution in [-0.4, -0.2) is 63.5 Å². The van der Waals surface area contributed by atoms with Gasteiger partial charge in [-0.15, -0.1) is 0 Å². The van der Waals surface area contributed by atoms with Gasteiger partial charge < -0.3 is 30.7 Å². The van der Waals surface area contributed by atoms with Crippen LogP contribution in [0.3, 0.4) is 0 Å². The molecule has 6 rings (SSSR count). The number of methoxy groups -OCH3 is 2. The van der Waals surface area contributed by atoms with Crippen molar-refractivity contribution in [2.45, 2.75) is 19.3 Å².